The highest BCUT2D eigenvalue weighted by molar-refractivity contribution is 6.30. The molecule has 26 heavy (non-hydrogen) atoms. The molecule has 0 fully saturated rings. The first kappa shape index (κ1) is 20.2. The number of hydrogen-bond acceptors (Lipinski definition) is 3. The molecular weight excluding hydrogens is 348 g/mol. The second-order valence-electron chi connectivity index (χ2n) is 6.23. The summed E-state index contributed by atoms with van der Waals surface area (Å²) in [6, 6.07) is 8.01. The molecule has 0 spiro atoms. The lowest BCUT2D eigenvalue weighted by molar-refractivity contribution is 0.618. The maximum atomic E-state index is 6.11. The predicted octanol–water partition coefficient (Wildman–Crippen LogP) is 3.59. The van der Waals surface area contributed by atoms with E-state index < -0.39 is 0 Å². The van der Waals surface area contributed by atoms with E-state index in [1.165, 1.54) is 0 Å². The molecule has 0 aliphatic heterocycles. The smallest absolute Gasteiger partial charge is 0.191 e. The first-order valence-electron chi connectivity index (χ1n) is 9.31. The Hall–Kier alpha value is -2.08. The van der Waals surface area contributed by atoms with Gasteiger partial charge in [0.25, 0.3) is 0 Å². The van der Waals surface area contributed by atoms with Crippen molar-refractivity contribution >= 4 is 17.6 Å². The minimum Gasteiger partial charge on any atom is -0.355 e. The number of halogens is 1. The molecule has 0 bridgehead atoms. The van der Waals surface area contributed by atoms with Gasteiger partial charge in [0, 0.05) is 31.1 Å². The van der Waals surface area contributed by atoms with Gasteiger partial charge in [-0.2, -0.15) is 0 Å². The molecule has 2 N–H and O–H groups in total. The quantitative estimate of drug-likeness (QED) is 0.398. The minimum atomic E-state index is 0.114. The summed E-state index contributed by atoms with van der Waals surface area (Å²) in [5, 5.41) is 15.7. The van der Waals surface area contributed by atoms with E-state index in [0.717, 1.165) is 61.3 Å². The fourth-order valence-electron chi connectivity index (χ4n) is 2.60. The van der Waals surface area contributed by atoms with E-state index in [1.807, 2.05) is 18.2 Å². The number of rotatable bonds is 9. The van der Waals surface area contributed by atoms with Gasteiger partial charge in [0.1, 0.15) is 12.2 Å². The van der Waals surface area contributed by atoms with Gasteiger partial charge < -0.3 is 15.2 Å². The normalized spacial score (nSPS) is 12.8. The summed E-state index contributed by atoms with van der Waals surface area (Å²) >= 11 is 6.11. The van der Waals surface area contributed by atoms with Crippen LogP contribution in [0.1, 0.15) is 51.0 Å². The van der Waals surface area contributed by atoms with Crippen LogP contribution in [0.3, 0.4) is 0 Å². The summed E-state index contributed by atoms with van der Waals surface area (Å²) in [6.45, 7) is 8.73. The van der Waals surface area contributed by atoms with Crippen molar-refractivity contribution in [1.29, 1.82) is 0 Å². The maximum absolute atomic E-state index is 6.11. The molecule has 6 nitrogen and oxygen atoms in total. The predicted molar refractivity (Wildman–Crippen MR) is 108 cm³/mol. The topological polar surface area (TPSA) is 67.1 Å². The number of benzene rings is 1. The van der Waals surface area contributed by atoms with Crippen LogP contribution in [-0.4, -0.2) is 33.8 Å². The monoisotopic (exact) mass is 376 g/mol. The molecule has 0 saturated heterocycles. The van der Waals surface area contributed by atoms with Gasteiger partial charge in [-0.3, -0.25) is 4.99 Å². The molecular formula is C19H29ClN6. The van der Waals surface area contributed by atoms with Crippen molar-refractivity contribution in [2.24, 2.45) is 4.99 Å². The first-order valence-corrected chi connectivity index (χ1v) is 9.68. The van der Waals surface area contributed by atoms with E-state index in [1.54, 1.807) is 6.33 Å². The number of nitrogens with zero attached hydrogens (tertiary/aromatic N) is 4. The van der Waals surface area contributed by atoms with Crippen molar-refractivity contribution < 1.29 is 0 Å². The Kier molecular flexibility index (Phi) is 8.41. The zero-order valence-electron chi connectivity index (χ0n) is 15.9. The van der Waals surface area contributed by atoms with Crippen LogP contribution in [-0.2, 0) is 13.0 Å². The molecule has 1 aromatic carbocycles. The lowest BCUT2D eigenvalue weighted by Gasteiger charge is -2.19. The van der Waals surface area contributed by atoms with Crippen molar-refractivity contribution in [1.82, 2.24) is 25.4 Å². The fourth-order valence-corrected chi connectivity index (χ4v) is 2.80. The van der Waals surface area contributed by atoms with E-state index >= 15 is 0 Å². The third-order valence-corrected chi connectivity index (χ3v) is 4.38. The molecule has 2 aromatic rings. The third-order valence-electron chi connectivity index (χ3n) is 4.14. The molecule has 0 aliphatic carbocycles. The Morgan fingerprint density at radius 1 is 1.35 bits per heavy atom. The highest BCUT2D eigenvalue weighted by atomic mass is 35.5. The van der Waals surface area contributed by atoms with Crippen molar-refractivity contribution in [3.05, 3.63) is 47.0 Å². The summed E-state index contributed by atoms with van der Waals surface area (Å²) in [5.41, 5.74) is 1.13. The summed E-state index contributed by atoms with van der Waals surface area (Å²) < 4.78 is 2.07. The lowest BCUT2D eigenvalue weighted by atomic mass is 10.1. The molecule has 0 aliphatic rings. The van der Waals surface area contributed by atoms with Gasteiger partial charge in [-0.15, -0.1) is 10.2 Å². The van der Waals surface area contributed by atoms with Crippen molar-refractivity contribution in [3.8, 4) is 0 Å². The van der Waals surface area contributed by atoms with Crippen molar-refractivity contribution in [3.63, 3.8) is 0 Å². The highest BCUT2D eigenvalue weighted by Crippen LogP contribution is 2.17. The van der Waals surface area contributed by atoms with Crippen LogP contribution in [0.2, 0.25) is 5.02 Å². The summed E-state index contributed by atoms with van der Waals surface area (Å²) in [6.07, 6.45) is 4.85. The van der Waals surface area contributed by atoms with Crippen LogP contribution in [0, 0.1) is 0 Å². The van der Waals surface area contributed by atoms with Gasteiger partial charge in [-0.1, -0.05) is 44.0 Å². The van der Waals surface area contributed by atoms with Gasteiger partial charge >= 0.3 is 0 Å². The largest absolute Gasteiger partial charge is 0.355 e. The average molecular weight is 377 g/mol. The molecule has 2 rings (SSSR count). The van der Waals surface area contributed by atoms with Crippen LogP contribution in [0.4, 0.5) is 0 Å². The van der Waals surface area contributed by atoms with Crippen molar-refractivity contribution in [2.75, 3.05) is 13.1 Å². The molecule has 1 heterocycles. The van der Waals surface area contributed by atoms with E-state index in [0.29, 0.717) is 0 Å². The zero-order chi connectivity index (χ0) is 18.8. The second-order valence-corrected chi connectivity index (χ2v) is 6.66. The Balaban J connectivity index is 1.95. The van der Waals surface area contributed by atoms with E-state index in [-0.39, 0.29) is 6.04 Å². The summed E-state index contributed by atoms with van der Waals surface area (Å²) in [7, 11) is 0. The average Bonchev–Trinajstić information content (AvgIpc) is 3.09. The highest BCUT2D eigenvalue weighted by Gasteiger charge is 2.09. The molecule has 0 saturated carbocycles. The number of nitrogens with one attached hydrogen (secondary N) is 2. The fraction of sp³-hybridized carbons (Fsp3) is 0.526. The van der Waals surface area contributed by atoms with E-state index in [9.17, 15) is 0 Å². The standard InChI is InChI=1S/C19H29ClN6/c1-4-6-10-21-19(22-11-12-26-14-23-25-18(26)5-2)24-15(3)16-8-7-9-17(20)13-16/h7-9,13-15H,4-6,10-12H2,1-3H3,(H2,21,22,24). The molecule has 1 unspecified atom stereocenters. The number of aromatic nitrogens is 3. The molecule has 7 heteroatoms. The van der Waals surface area contributed by atoms with Gasteiger partial charge in [-0.05, 0) is 31.0 Å². The van der Waals surface area contributed by atoms with Crippen LogP contribution in [0.5, 0.6) is 0 Å². The number of hydrogen-bond donors (Lipinski definition) is 2. The van der Waals surface area contributed by atoms with Gasteiger partial charge in [-0.25, -0.2) is 0 Å². The number of aliphatic imine (C=N–C) groups is 1. The van der Waals surface area contributed by atoms with Crippen LogP contribution in [0.15, 0.2) is 35.6 Å². The summed E-state index contributed by atoms with van der Waals surface area (Å²) in [5.74, 6) is 1.81. The number of aryl methyl sites for hydroxylation is 1. The lowest BCUT2D eigenvalue weighted by Crippen LogP contribution is -2.40. The number of guanidine groups is 1. The van der Waals surface area contributed by atoms with Crippen molar-refractivity contribution in [2.45, 2.75) is 52.6 Å². The van der Waals surface area contributed by atoms with Crippen LogP contribution < -0.4 is 10.6 Å². The second kappa shape index (κ2) is 10.8. The van der Waals surface area contributed by atoms with Gasteiger partial charge in [0.15, 0.2) is 5.96 Å². The van der Waals surface area contributed by atoms with Gasteiger partial charge in [0.05, 0.1) is 6.04 Å². The molecule has 142 valence electrons. The molecule has 0 radical (unpaired) electrons. The first-order chi connectivity index (χ1) is 12.6. The Labute approximate surface area is 161 Å². The maximum Gasteiger partial charge on any atom is 0.191 e. The molecule has 1 atom stereocenters. The Bertz CT molecular complexity index is 697. The van der Waals surface area contributed by atoms with Crippen LogP contribution >= 0.6 is 11.6 Å². The molecule has 1 aromatic heterocycles. The SMILES string of the molecule is CCCCN=C(NCCn1cnnc1CC)NC(C)c1cccc(Cl)c1. The Morgan fingerprint density at radius 2 is 2.19 bits per heavy atom. The van der Waals surface area contributed by atoms with E-state index in [2.05, 4.69) is 57.2 Å². The Morgan fingerprint density at radius 3 is 2.92 bits per heavy atom. The summed E-state index contributed by atoms with van der Waals surface area (Å²) in [4.78, 5) is 4.68. The van der Waals surface area contributed by atoms with Gasteiger partial charge in [0.2, 0.25) is 0 Å². The third kappa shape index (κ3) is 6.33. The number of unbranched alkanes of at least 4 members (excludes halogenated alkanes) is 1. The van der Waals surface area contributed by atoms with Crippen LogP contribution in [0.25, 0.3) is 0 Å². The minimum absolute atomic E-state index is 0.114. The zero-order valence-corrected chi connectivity index (χ0v) is 16.6. The molecule has 0 amide bonds. The van der Waals surface area contributed by atoms with E-state index in [4.69, 9.17) is 11.6 Å².